The Hall–Kier alpha value is -1.89. The maximum absolute atomic E-state index is 12.1. The predicted octanol–water partition coefficient (Wildman–Crippen LogP) is 0.714. The number of likely N-dealkylation sites (tertiary alicyclic amines) is 1. The maximum Gasteiger partial charge on any atom is 0.241 e. The number of carbonyl (C=O) groups is 1. The lowest BCUT2D eigenvalue weighted by atomic mass is 9.88. The van der Waals surface area contributed by atoms with Crippen molar-refractivity contribution in [1.29, 1.82) is 0 Å². The van der Waals surface area contributed by atoms with Crippen molar-refractivity contribution in [2.24, 2.45) is 5.92 Å². The third kappa shape index (κ3) is 2.72. The number of methoxy groups -OCH3 is 2. The molecule has 0 radical (unpaired) electrons. The summed E-state index contributed by atoms with van der Waals surface area (Å²) in [6.07, 6.45) is 4.33. The molecule has 0 spiro atoms. The van der Waals surface area contributed by atoms with Gasteiger partial charge in [0.1, 0.15) is 11.3 Å². The molecule has 1 aliphatic heterocycles. The standard InChI is InChI=1S/C15H21N3O4/c1-21-11-9-16-12(13(17-11)22-2)15(20)5-7-18(8-6-15)14(19)10-3-4-10/h9-10,20H,3-8H2,1-2H3. The van der Waals surface area contributed by atoms with Crippen molar-refractivity contribution in [2.75, 3.05) is 27.3 Å². The second-order valence-corrected chi connectivity index (χ2v) is 5.90. The van der Waals surface area contributed by atoms with E-state index in [2.05, 4.69) is 9.97 Å². The van der Waals surface area contributed by atoms with E-state index in [1.165, 1.54) is 20.4 Å². The van der Waals surface area contributed by atoms with Crippen molar-refractivity contribution < 1.29 is 19.4 Å². The summed E-state index contributed by atoms with van der Waals surface area (Å²) in [5.74, 6) is 1.03. The second-order valence-electron chi connectivity index (χ2n) is 5.90. The van der Waals surface area contributed by atoms with E-state index in [-0.39, 0.29) is 17.7 Å². The molecule has 1 saturated heterocycles. The molecule has 0 bridgehead atoms. The predicted molar refractivity (Wildman–Crippen MR) is 77.6 cm³/mol. The Balaban J connectivity index is 1.75. The molecule has 1 aromatic heterocycles. The van der Waals surface area contributed by atoms with Crippen molar-refractivity contribution in [3.63, 3.8) is 0 Å². The van der Waals surface area contributed by atoms with E-state index in [0.29, 0.717) is 37.5 Å². The molecule has 22 heavy (non-hydrogen) atoms. The van der Waals surface area contributed by atoms with Crippen molar-refractivity contribution in [3.05, 3.63) is 11.9 Å². The topological polar surface area (TPSA) is 84.8 Å². The Morgan fingerprint density at radius 2 is 2.00 bits per heavy atom. The molecule has 1 N–H and O–H groups in total. The lowest BCUT2D eigenvalue weighted by molar-refractivity contribution is -0.137. The van der Waals surface area contributed by atoms with Gasteiger partial charge in [0.05, 0.1) is 20.4 Å². The number of carbonyl (C=O) groups excluding carboxylic acids is 1. The molecular formula is C15H21N3O4. The summed E-state index contributed by atoms with van der Waals surface area (Å²) in [4.78, 5) is 22.4. The maximum atomic E-state index is 12.1. The summed E-state index contributed by atoms with van der Waals surface area (Å²) < 4.78 is 10.3. The number of aromatic nitrogens is 2. The largest absolute Gasteiger partial charge is 0.480 e. The van der Waals surface area contributed by atoms with Gasteiger partial charge < -0.3 is 19.5 Å². The molecule has 120 valence electrons. The zero-order valence-electron chi connectivity index (χ0n) is 12.9. The quantitative estimate of drug-likeness (QED) is 0.882. The fourth-order valence-corrected chi connectivity index (χ4v) is 2.84. The van der Waals surface area contributed by atoms with Crippen LogP contribution < -0.4 is 9.47 Å². The fourth-order valence-electron chi connectivity index (χ4n) is 2.84. The molecule has 7 heteroatoms. The van der Waals surface area contributed by atoms with Gasteiger partial charge in [0.25, 0.3) is 0 Å². The van der Waals surface area contributed by atoms with Crippen LogP contribution in [-0.2, 0) is 10.4 Å². The van der Waals surface area contributed by atoms with Gasteiger partial charge in [-0.1, -0.05) is 0 Å². The Morgan fingerprint density at radius 1 is 1.32 bits per heavy atom. The summed E-state index contributed by atoms with van der Waals surface area (Å²) in [7, 11) is 2.99. The summed E-state index contributed by atoms with van der Waals surface area (Å²) >= 11 is 0. The van der Waals surface area contributed by atoms with Crippen molar-refractivity contribution in [1.82, 2.24) is 14.9 Å². The van der Waals surface area contributed by atoms with E-state index in [0.717, 1.165) is 12.8 Å². The number of nitrogens with zero attached hydrogens (tertiary/aromatic N) is 3. The van der Waals surface area contributed by atoms with Crippen molar-refractivity contribution in [2.45, 2.75) is 31.3 Å². The molecule has 0 aromatic carbocycles. The minimum absolute atomic E-state index is 0.210. The highest BCUT2D eigenvalue weighted by Crippen LogP contribution is 2.38. The first-order valence-corrected chi connectivity index (χ1v) is 7.54. The smallest absolute Gasteiger partial charge is 0.241 e. The number of ether oxygens (including phenoxy) is 2. The van der Waals surface area contributed by atoms with Gasteiger partial charge in [-0.25, -0.2) is 4.98 Å². The van der Waals surface area contributed by atoms with E-state index in [9.17, 15) is 9.90 Å². The highest BCUT2D eigenvalue weighted by molar-refractivity contribution is 5.81. The minimum Gasteiger partial charge on any atom is -0.480 e. The number of rotatable bonds is 4. The van der Waals surface area contributed by atoms with Crippen LogP contribution in [0.3, 0.4) is 0 Å². The average Bonchev–Trinajstić information content (AvgIpc) is 3.39. The first-order chi connectivity index (χ1) is 10.6. The van der Waals surface area contributed by atoms with Crippen LogP contribution in [0, 0.1) is 5.92 Å². The molecular weight excluding hydrogens is 286 g/mol. The number of hydrogen-bond donors (Lipinski definition) is 1. The van der Waals surface area contributed by atoms with Gasteiger partial charge in [-0.2, -0.15) is 4.98 Å². The lowest BCUT2D eigenvalue weighted by Gasteiger charge is -2.38. The molecule has 1 amide bonds. The molecule has 0 unspecified atom stereocenters. The number of aliphatic hydroxyl groups is 1. The van der Waals surface area contributed by atoms with Gasteiger partial charge >= 0.3 is 0 Å². The Bertz CT molecular complexity index is 566. The van der Waals surface area contributed by atoms with Crippen LogP contribution in [0.15, 0.2) is 6.20 Å². The summed E-state index contributed by atoms with van der Waals surface area (Å²) in [6, 6.07) is 0. The zero-order valence-corrected chi connectivity index (χ0v) is 12.9. The van der Waals surface area contributed by atoms with Crippen LogP contribution in [-0.4, -0.2) is 53.2 Å². The lowest BCUT2D eigenvalue weighted by Crippen LogP contribution is -2.46. The zero-order chi connectivity index (χ0) is 15.7. The Labute approximate surface area is 129 Å². The average molecular weight is 307 g/mol. The highest BCUT2D eigenvalue weighted by Gasteiger charge is 2.42. The molecule has 3 rings (SSSR count). The second kappa shape index (κ2) is 5.72. The Morgan fingerprint density at radius 3 is 2.55 bits per heavy atom. The van der Waals surface area contributed by atoms with Crippen molar-refractivity contribution in [3.8, 4) is 11.8 Å². The van der Waals surface area contributed by atoms with Gasteiger partial charge in [0, 0.05) is 19.0 Å². The third-order valence-corrected chi connectivity index (χ3v) is 4.39. The SMILES string of the molecule is COc1cnc(C2(O)CCN(C(=O)C3CC3)CC2)c(OC)n1. The summed E-state index contributed by atoms with van der Waals surface area (Å²) in [5.41, 5.74) is -0.709. The van der Waals surface area contributed by atoms with E-state index in [1.54, 1.807) is 0 Å². The molecule has 7 nitrogen and oxygen atoms in total. The van der Waals surface area contributed by atoms with Gasteiger partial charge in [0.2, 0.25) is 17.7 Å². The van der Waals surface area contributed by atoms with Crippen LogP contribution in [0.4, 0.5) is 0 Å². The van der Waals surface area contributed by atoms with E-state index < -0.39 is 5.60 Å². The molecule has 1 aliphatic carbocycles. The van der Waals surface area contributed by atoms with Gasteiger partial charge in [-0.15, -0.1) is 0 Å². The molecule has 2 fully saturated rings. The van der Waals surface area contributed by atoms with E-state index in [1.807, 2.05) is 4.90 Å². The first kappa shape index (κ1) is 15.0. The minimum atomic E-state index is -1.12. The molecule has 2 heterocycles. The van der Waals surface area contributed by atoms with Crippen LogP contribution >= 0.6 is 0 Å². The third-order valence-electron chi connectivity index (χ3n) is 4.39. The van der Waals surface area contributed by atoms with Crippen LogP contribution in [0.2, 0.25) is 0 Å². The highest BCUT2D eigenvalue weighted by atomic mass is 16.5. The number of amides is 1. The van der Waals surface area contributed by atoms with Crippen LogP contribution in [0.1, 0.15) is 31.4 Å². The number of piperidine rings is 1. The molecule has 1 aromatic rings. The first-order valence-electron chi connectivity index (χ1n) is 7.54. The van der Waals surface area contributed by atoms with Gasteiger partial charge in [-0.05, 0) is 25.7 Å². The van der Waals surface area contributed by atoms with Crippen LogP contribution in [0.5, 0.6) is 11.8 Å². The fraction of sp³-hybridized carbons (Fsp3) is 0.667. The van der Waals surface area contributed by atoms with Gasteiger partial charge in [0.15, 0.2) is 0 Å². The summed E-state index contributed by atoms with van der Waals surface area (Å²) in [5, 5.41) is 10.9. The van der Waals surface area contributed by atoms with Crippen LogP contribution in [0.25, 0.3) is 0 Å². The van der Waals surface area contributed by atoms with Gasteiger partial charge in [-0.3, -0.25) is 4.79 Å². The molecule has 0 atom stereocenters. The normalized spacial score (nSPS) is 20.6. The van der Waals surface area contributed by atoms with E-state index in [4.69, 9.17) is 9.47 Å². The van der Waals surface area contributed by atoms with Crippen molar-refractivity contribution >= 4 is 5.91 Å². The molecule has 1 saturated carbocycles. The molecule has 2 aliphatic rings. The number of hydrogen-bond acceptors (Lipinski definition) is 6. The van der Waals surface area contributed by atoms with E-state index >= 15 is 0 Å². The Kier molecular flexibility index (Phi) is 3.90. The summed E-state index contributed by atoms with van der Waals surface area (Å²) in [6.45, 7) is 1.06. The monoisotopic (exact) mass is 307 g/mol.